The van der Waals surface area contributed by atoms with Gasteiger partial charge < -0.3 is 23.7 Å². The molecular formula is C65H70O5. The molecule has 5 aromatic carbocycles. The van der Waals surface area contributed by atoms with Gasteiger partial charge in [-0.3, -0.25) is 0 Å². The third-order valence-corrected chi connectivity index (χ3v) is 18.4. The van der Waals surface area contributed by atoms with Gasteiger partial charge >= 0.3 is 0 Å². The van der Waals surface area contributed by atoms with Crippen molar-refractivity contribution in [2.75, 3.05) is 33.0 Å². The smallest absolute Gasteiger partial charge is 0.119 e. The Labute approximate surface area is 417 Å². The van der Waals surface area contributed by atoms with Crippen molar-refractivity contribution in [2.45, 2.75) is 104 Å². The second-order valence-corrected chi connectivity index (χ2v) is 22.7. The van der Waals surface area contributed by atoms with Gasteiger partial charge in [-0.2, -0.15) is 0 Å². The first-order chi connectivity index (χ1) is 34.1. The molecule has 8 saturated carbocycles. The molecule has 2 atom stereocenters. The molecule has 8 fully saturated rings. The molecule has 2 unspecified atom stereocenters. The van der Waals surface area contributed by atoms with Crippen LogP contribution < -0.4 is 23.7 Å². The van der Waals surface area contributed by atoms with E-state index in [4.69, 9.17) is 23.7 Å². The van der Waals surface area contributed by atoms with Crippen LogP contribution in [0, 0.1) is 16.7 Å². The van der Waals surface area contributed by atoms with Gasteiger partial charge in [-0.05, 0) is 209 Å². The number of ether oxygens (including phenoxy) is 5. The average molecular weight is 931 g/mol. The highest BCUT2D eigenvalue weighted by atomic mass is 16.5. The highest BCUT2D eigenvalue weighted by Gasteiger charge is 2.77. The largest absolute Gasteiger partial charge is 0.490 e. The molecule has 8 aliphatic rings. The molecular weight excluding hydrogens is 861 g/mol. The fourth-order valence-electron chi connectivity index (χ4n) is 17.1. The highest BCUT2D eigenvalue weighted by Crippen LogP contribution is 2.84. The topological polar surface area (TPSA) is 46.2 Å². The molecule has 5 nitrogen and oxygen atoms in total. The second kappa shape index (κ2) is 17.9. The summed E-state index contributed by atoms with van der Waals surface area (Å²) < 4.78 is 30.7. The molecule has 70 heavy (non-hydrogen) atoms. The highest BCUT2D eigenvalue weighted by molar-refractivity contribution is 5.51. The first-order valence-electron chi connectivity index (χ1n) is 25.8. The van der Waals surface area contributed by atoms with Gasteiger partial charge in [0.15, 0.2) is 0 Å². The third kappa shape index (κ3) is 7.74. The fourth-order valence-corrected chi connectivity index (χ4v) is 17.1. The molecule has 0 N–H and O–H groups in total. The van der Waals surface area contributed by atoms with Gasteiger partial charge in [-0.25, -0.2) is 0 Å². The monoisotopic (exact) mass is 931 g/mol. The molecule has 0 aromatic heterocycles. The Morgan fingerprint density at radius 1 is 0.300 bits per heavy atom. The van der Waals surface area contributed by atoms with Crippen LogP contribution in [-0.2, 0) is 27.1 Å². The van der Waals surface area contributed by atoms with Crippen molar-refractivity contribution < 1.29 is 23.7 Å². The van der Waals surface area contributed by atoms with Gasteiger partial charge in [-0.1, -0.05) is 124 Å². The van der Waals surface area contributed by atoms with Crippen LogP contribution in [0.15, 0.2) is 185 Å². The second-order valence-electron chi connectivity index (χ2n) is 22.7. The zero-order valence-electron chi connectivity index (χ0n) is 41.1. The fraction of sp³-hybridized carbons (Fsp3) is 0.385. The van der Waals surface area contributed by atoms with Crippen LogP contribution in [0.25, 0.3) is 0 Å². The third-order valence-electron chi connectivity index (χ3n) is 18.4. The van der Waals surface area contributed by atoms with Gasteiger partial charge in [-0.15, -0.1) is 0 Å². The standard InChI is InChI=1S/C65H70O5/c1-6-31-66-54-21-11-49(12-22-54)59-36-48-37-60(39-59,50-13-23-55(24-14-50)67-32-7-2)44-64(38-48,43-59)65-45-61(51-15-25-56(26-16-51)68-33-8-3)40-62(46-65,52-17-27-57(28-18-52)69-34-9-4)42-63(41-61,47-65)53-19-29-58(30-20-53)70-35-10-5/h6-30,48H,1-5,31-47H2. The Hall–Kier alpha value is -6.20. The van der Waals surface area contributed by atoms with Crippen molar-refractivity contribution in [1.82, 2.24) is 0 Å². The number of hydrogen-bond acceptors (Lipinski definition) is 5. The summed E-state index contributed by atoms with van der Waals surface area (Å²) in [6.07, 6.45) is 23.3. The quantitative estimate of drug-likeness (QED) is 0.0686. The van der Waals surface area contributed by atoms with Crippen molar-refractivity contribution in [2.24, 2.45) is 16.7 Å². The van der Waals surface area contributed by atoms with Crippen LogP contribution in [0.3, 0.4) is 0 Å². The molecule has 0 aliphatic heterocycles. The van der Waals surface area contributed by atoms with Crippen LogP contribution in [0.2, 0.25) is 0 Å². The maximum atomic E-state index is 6.15. The van der Waals surface area contributed by atoms with Crippen molar-refractivity contribution in [1.29, 1.82) is 0 Å². The molecule has 13 rings (SSSR count). The molecule has 8 bridgehead atoms. The van der Waals surface area contributed by atoms with E-state index >= 15 is 0 Å². The summed E-state index contributed by atoms with van der Waals surface area (Å²) in [4.78, 5) is 0. The van der Waals surface area contributed by atoms with Crippen LogP contribution in [-0.4, -0.2) is 33.0 Å². The van der Waals surface area contributed by atoms with Crippen LogP contribution in [0.4, 0.5) is 0 Å². The van der Waals surface area contributed by atoms with Crippen LogP contribution >= 0.6 is 0 Å². The normalized spacial score (nSPS) is 31.9. The van der Waals surface area contributed by atoms with E-state index in [2.05, 4.69) is 154 Å². The molecule has 0 saturated heterocycles. The predicted molar refractivity (Wildman–Crippen MR) is 283 cm³/mol. The summed E-state index contributed by atoms with van der Waals surface area (Å²) in [6, 6.07) is 46.5. The Morgan fingerprint density at radius 3 is 0.786 bits per heavy atom. The van der Waals surface area contributed by atoms with Gasteiger partial charge in [0.2, 0.25) is 0 Å². The zero-order valence-corrected chi connectivity index (χ0v) is 41.1. The lowest BCUT2D eigenvalue weighted by molar-refractivity contribution is -0.231. The summed E-state index contributed by atoms with van der Waals surface area (Å²) in [5.41, 5.74) is 7.18. The van der Waals surface area contributed by atoms with Crippen molar-refractivity contribution in [3.8, 4) is 28.7 Å². The van der Waals surface area contributed by atoms with E-state index in [1.807, 2.05) is 30.4 Å². The van der Waals surface area contributed by atoms with E-state index in [0.717, 1.165) is 54.4 Å². The Morgan fingerprint density at radius 2 is 0.529 bits per heavy atom. The van der Waals surface area contributed by atoms with E-state index in [0.29, 0.717) is 39.0 Å². The number of rotatable bonds is 21. The summed E-state index contributed by atoms with van der Waals surface area (Å²) in [5.74, 6) is 5.09. The minimum absolute atomic E-state index is 0.0175. The first kappa shape index (κ1) is 46.2. The molecule has 8 aliphatic carbocycles. The van der Waals surface area contributed by atoms with E-state index in [9.17, 15) is 0 Å². The molecule has 0 heterocycles. The van der Waals surface area contributed by atoms with Crippen molar-refractivity contribution >= 4 is 0 Å². The van der Waals surface area contributed by atoms with Crippen molar-refractivity contribution in [3.05, 3.63) is 212 Å². The summed E-state index contributed by atoms with van der Waals surface area (Å²) in [6.45, 7) is 22.1. The maximum absolute atomic E-state index is 6.15. The van der Waals surface area contributed by atoms with Crippen LogP contribution in [0.5, 0.6) is 28.7 Å². The van der Waals surface area contributed by atoms with E-state index in [-0.39, 0.29) is 37.9 Å². The van der Waals surface area contributed by atoms with Gasteiger partial charge in [0, 0.05) is 0 Å². The zero-order chi connectivity index (χ0) is 48.1. The SMILES string of the molecule is C=CCOc1ccc(C23CC4CC(c5ccc(OCC=C)cc5)(C2)CC(C25CC6(c7ccc(OCC=C)cc7)CC(c7ccc(OCC=C)cc7)(CC(c7ccc(OCC=C)cc7)(C6)C2)C5)(C4)C3)cc1. The molecule has 0 spiro atoms. The lowest BCUT2D eigenvalue weighted by atomic mass is 9.24. The molecule has 360 valence electrons. The number of hydrogen-bond donors (Lipinski definition) is 0. The molecule has 0 radical (unpaired) electrons. The molecule has 5 aromatic rings. The minimum Gasteiger partial charge on any atom is -0.490 e. The van der Waals surface area contributed by atoms with E-state index < -0.39 is 0 Å². The lowest BCUT2D eigenvalue weighted by Crippen LogP contribution is -2.73. The average Bonchev–Trinajstić information content (AvgIpc) is 3.38. The molecule has 5 heteroatoms. The Balaban J connectivity index is 1.12. The molecule has 0 amide bonds. The van der Waals surface area contributed by atoms with Gasteiger partial charge in [0.1, 0.15) is 61.8 Å². The predicted octanol–water partition coefficient (Wildman–Crippen LogP) is 14.9. The van der Waals surface area contributed by atoms with Crippen LogP contribution in [0.1, 0.15) is 105 Å². The Kier molecular flexibility index (Phi) is 11.8. The first-order valence-corrected chi connectivity index (χ1v) is 25.8. The summed E-state index contributed by atoms with van der Waals surface area (Å²) in [5, 5.41) is 0. The summed E-state index contributed by atoms with van der Waals surface area (Å²) in [7, 11) is 0. The minimum atomic E-state index is -0.0837. The lowest BCUT2D eigenvalue weighted by Gasteiger charge is -2.79. The summed E-state index contributed by atoms with van der Waals surface area (Å²) >= 11 is 0. The Bertz CT molecular complexity index is 2480. The van der Waals surface area contributed by atoms with Gasteiger partial charge in [0.25, 0.3) is 0 Å². The van der Waals surface area contributed by atoms with Crippen molar-refractivity contribution in [3.63, 3.8) is 0 Å². The van der Waals surface area contributed by atoms with Gasteiger partial charge in [0.05, 0.1) is 0 Å². The van der Waals surface area contributed by atoms with E-state index in [1.54, 1.807) is 0 Å². The maximum Gasteiger partial charge on any atom is 0.119 e. The number of benzene rings is 5. The van der Waals surface area contributed by atoms with E-state index in [1.165, 1.54) is 79.2 Å².